The lowest BCUT2D eigenvalue weighted by molar-refractivity contribution is -0.127. The number of benzene rings is 3. The van der Waals surface area contributed by atoms with E-state index in [9.17, 15) is 9.59 Å². The minimum atomic E-state index is -0.503. The van der Waals surface area contributed by atoms with Crippen molar-refractivity contribution in [1.82, 2.24) is 0 Å². The summed E-state index contributed by atoms with van der Waals surface area (Å²) in [5, 5.41) is 0. The van der Waals surface area contributed by atoms with Gasteiger partial charge in [-0.25, -0.2) is 0 Å². The van der Waals surface area contributed by atoms with Crippen LogP contribution in [0.15, 0.2) is 96.6 Å². The monoisotopic (exact) mass is 422 g/mol. The minimum absolute atomic E-state index is 0.0369. The molecule has 0 aliphatic heterocycles. The van der Waals surface area contributed by atoms with Crippen molar-refractivity contribution < 1.29 is 9.59 Å². The predicted octanol–water partition coefficient (Wildman–Crippen LogP) is 6.60. The normalized spacial score (nSPS) is 16.2. The molecular weight excluding hydrogens is 392 g/mol. The zero-order chi connectivity index (χ0) is 22.8. The summed E-state index contributed by atoms with van der Waals surface area (Å²) >= 11 is 0. The third kappa shape index (κ3) is 4.23. The number of aryl methyl sites for hydroxylation is 1. The first kappa shape index (κ1) is 22.0. The summed E-state index contributed by atoms with van der Waals surface area (Å²) in [7, 11) is 0. The largest absolute Gasteiger partial charge is 0.294 e. The lowest BCUT2D eigenvalue weighted by Gasteiger charge is -2.36. The van der Waals surface area contributed by atoms with E-state index in [0.29, 0.717) is 24.8 Å². The minimum Gasteiger partial charge on any atom is -0.294 e. The van der Waals surface area contributed by atoms with E-state index in [1.54, 1.807) is 0 Å². The van der Waals surface area contributed by atoms with Crippen molar-refractivity contribution in [3.63, 3.8) is 0 Å². The first-order valence-corrected chi connectivity index (χ1v) is 11.3. The van der Waals surface area contributed by atoms with E-state index >= 15 is 0 Å². The van der Waals surface area contributed by atoms with E-state index in [0.717, 1.165) is 16.7 Å². The number of rotatable bonds is 5. The smallest absolute Gasteiger partial charge is 0.166 e. The molecule has 0 amide bonds. The summed E-state index contributed by atoms with van der Waals surface area (Å²) in [6, 6.07) is 29.4. The molecule has 1 saturated carbocycles. The number of ketones is 2. The van der Waals surface area contributed by atoms with Crippen molar-refractivity contribution >= 4 is 11.6 Å². The third-order valence-corrected chi connectivity index (χ3v) is 6.57. The highest BCUT2D eigenvalue weighted by atomic mass is 16.1. The van der Waals surface area contributed by atoms with Crippen LogP contribution in [0.4, 0.5) is 0 Å². The van der Waals surface area contributed by atoms with Gasteiger partial charge in [-0.3, -0.25) is 9.59 Å². The fourth-order valence-corrected chi connectivity index (χ4v) is 4.90. The number of allylic oxidation sites excluding steroid dienone is 2. The molecule has 1 aliphatic carbocycles. The highest BCUT2D eigenvalue weighted by Gasteiger charge is 2.38. The van der Waals surface area contributed by atoms with Gasteiger partial charge in [0.05, 0.1) is 5.57 Å². The van der Waals surface area contributed by atoms with Crippen LogP contribution in [0.2, 0.25) is 0 Å². The number of carbonyl (C=O) groups excluding carboxylic acids is 2. The van der Waals surface area contributed by atoms with E-state index in [1.165, 1.54) is 5.56 Å². The summed E-state index contributed by atoms with van der Waals surface area (Å²) in [5.74, 6) is -0.0737. The molecule has 0 aromatic heterocycles. The molecule has 0 bridgehead atoms. The molecule has 0 heterocycles. The van der Waals surface area contributed by atoms with Gasteiger partial charge >= 0.3 is 0 Å². The Hall–Kier alpha value is -3.26. The van der Waals surface area contributed by atoms with Crippen molar-refractivity contribution in [3.05, 3.63) is 119 Å². The molecule has 0 atom stereocenters. The molecule has 0 saturated heterocycles. The maximum absolute atomic E-state index is 12.9. The number of hydrogen-bond donors (Lipinski definition) is 0. The summed E-state index contributed by atoms with van der Waals surface area (Å²) in [6.07, 6.45) is 3.27. The van der Waals surface area contributed by atoms with Crippen LogP contribution in [0.3, 0.4) is 0 Å². The Kier molecular flexibility index (Phi) is 5.97. The van der Waals surface area contributed by atoms with Crippen LogP contribution >= 0.6 is 0 Å². The van der Waals surface area contributed by atoms with E-state index in [2.05, 4.69) is 55.5 Å². The van der Waals surface area contributed by atoms with E-state index in [-0.39, 0.29) is 17.0 Å². The van der Waals surface area contributed by atoms with Crippen LogP contribution < -0.4 is 0 Å². The highest BCUT2D eigenvalue weighted by Crippen LogP contribution is 2.43. The van der Waals surface area contributed by atoms with Crippen molar-refractivity contribution in [2.45, 2.75) is 45.4 Å². The molecule has 0 spiro atoms. The average molecular weight is 423 g/mol. The summed E-state index contributed by atoms with van der Waals surface area (Å²) < 4.78 is 0. The maximum Gasteiger partial charge on any atom is 0.166 e. The number of Topliss-reactive ketones (excluding diaryl/α,β-unsaturated/α-hetero) is 2. The van der Waals surface area contributed by atoms with Crippen molar-refractivity contribution in [1.29, 1.82) is 0 Å². The standard InChI is InChI=1S/C30H30O2/c1-22-14-16-25(17-15-22)30(23-10-6-4-7-11-23,24-12-8-5-9-13-24)19-18-26-27(31)20-29(2,3)21-28(26)32/h4-18H,19-21H2,1-3H3. The average Bonchev–Trinajstić information content (AvgIpc) is 2.77. The first-order chi connectivity index (χ1) is 15.3. The quantitative estimate of drug-likeness (QED) is 0.264. The predicted molar refractivity (Wildman–Crippen MR) is 130 cm³/mol. The van der Waals surface area contributed by atoms with Gasteiger partial charge in [-0.1, -0.05) is 110 Å². The van der Waals surface area contributed by atoms with E-state index < -0.39 is 5.41 Å². The molecule has 3 aromatic rings. The van der Waals surface area contributed by atoms with Crippen molar-refractivity contribution in [2.75, 3.05) is 0 Å². The Balaban J connectivity index is 1.90. The maximum atomic E-state index is 12.9. The second-order valence-corrected chi connectivity index (χ2v) is 9.69. The van der Waals surface area contributed by atoms with Gasteiger partial charge in [-0.05, 0) is 35.4 Å². The Morgan fingerprint density at radius 1 is 0.719 bits per heavy atom. The van der Waals surface area contributed by atoms with Crippen LogP contribution in [0.5, 0.6) is 0 Å². The van der Waals surface area contributed by atoms with Crippen LogP contribution in [0, 0.1) is 12.3 Å². The number of hydrogen-bond acceptors (Lipinski definition) is 2. The van der Waals surface area contributed by atoms with Crippen LogP contribution in [0.25, 0.3) is 0 Å². The van der Waals surface area contributed by atoms with Gasteiger partial charge in [0.25, 0.3) is 0 Å². The highest BCUT2D eigenvalue weighted by molar-refractivity contribution is 6.22. The van der Waals surface area contributed by atoms with Crippen LogP contribution in [0.1, 0.15) is 55.4 Å². The zero-order valence-electron chi connectivity index (χ0n) is 19.1. The SMILES string of the molecule is Cc1ccc(C(CC=C2C(=O)CC(C)(C)CC2=O)(c2ccccc2)c2ccccc2)cc1. The molecule has 162 valence electrons. The topological polar surface area (TPSA) is 34.1 Å². The van der Waals surface area contributed by atoms with Gasteiger partial charge in [-0.2, -0.15) is 0 Å². The summed E-state index contributed by atoms with van der Waals surface area (Å²) in [6.45, 7) is 6.06. The van der Waals surface area contributed by atoms with Gasteiger partial charge in [0.15, 0.2) is 11.6 Å². The van der Waals surface area contributed by atoms with Gasteiger partial charge < -0.3 is 0 Å². The van der Waals surface area contributed by atoms with Gasteiger partial charge in [0.1, 0.15) is 0 Å². The van der Waals surface area contributed by atoms with Crippen molar-refractivity contribution in [3.8, 4) is 0 Å². The second kappa shape index (κ2) is 8.70. The van der Waals surface area contributed by atoms with Crippen LogP contribution in [-0.4, -0.2) is 11.6 Å². The molecule has 0 N–H and O–H groups in total. The molecule has 3 aromatic carbocycles. The third-order valence-electron chi connectivity index (χ3n) is 6.57. The van der Waals surface area contributed by atoms with Gasteiger partial charge in [0.2, 0.25) is 0 Å². The zero-order valence-corrected chi connectivity index (χ0v) is 19.1. The Morgan fingerprint density at radius 2 is 1.16 bits per heavy atom. The second-order valence-electron chi connectivity index (χ2n) is 9.69. The molecule has 0 unspecified atom stereocenters. The van der Waals surface area contributed by atoms with Gasteiger partial charge in [-0.15, -0.1) is 0 Å². The lowest BCUT2D eigenvalue weighted by atomic mass is 9.66. The molecule has 32 heavy (non-hydrogen) atoms. The fourth-order valence-electron chi connectivity index (χ4n) is 4.90. The fraction of sp³-hybridized carbons (Fsp3) is 0.267. The Labute approximate surface area is 191 Å². The molecule has 2 heteroatoms. The molecule has 4 rings (SSSR count). The molecule has 0 radical (unpaired) electrons. The van der Waals surface area contributed by atoms with Gasteiger partial charge in [0, 0.05) is 18.3 Å². The Bertz CT molecular complexity index is 1070. The molecule has 1 aliphatic rings. The summed E-state index contributed by atoms with van der Waals surface area (Å²) in [4.78, 5) is 25.8. The summed E-state index contributed by atoms with van der Waals surface area (Å²) in [5.41, 5.74) is 4.23. The molecular formula is C30H30O2. The van der Waals surface area contributed by atoms with Crippen LogP contribution in [-0.2, 0) is 15.0 Å². The van der Waals surface area contributed by atoms with Crippen molar-refractivity contribution in [2.24, 2.45) is 5.41 Å². The molecule has 2 nitrogen and oxygen atoms in total. The van der Waals surface area contributed by atoms with E-state index in [4.69, 9.17) is 0 Å². The first-order valence-electron chi connectivity index (χ1n) is 11.3. The lowest BCUT2D eigenvalue weighted by Crippen LogP contribution is -2.33. The Morgan fingerprint density at radius 3 is 1.62 bits per heavy atom. The van der Waals surface area contributed by atoms with E-state index in [1.807, 2.05) is 56.3 Å². The molecule has 1 fully saturated rings. The number of carbonyl (C=O) groups is 2.